The molecular formula is C15H17FN4. The van der Waals surface area contributed by atoms with Gasteiger partial charge in [0.2, 0.25) is 5.95 Å². The number of nitrogens with one attached hydrogen (secondary N) is 2. The zero-order valence-electron chi connectivity index (χ0n) is 11.6. The van der Waals surface area contributed by atoms with Crippen LogP contribution < -0.4 is 10.6 Å². The number of aryl methyl sites for hydroxylation is 1. The predicted octanol–water partition coefficient (Wildman–Crippen LogP) is 3.59. The fourth-order valence-corrected chi connectivity index (χ4v) is 2.05. The second-order valence-corrected chi connectivity index (χ2v) is 5.11. The molecule has 3 rings (SSSR count). The summed E-state index contributed by atoms with van der Waals surface area (Å²) in [5.41, 5.74) is 2.36. The Morgan fingerprint density at radius 2 is 2.00 bits per heavy atom. The van der Waals surface area contributed by atoms with Gasteiger partial charge in [0, 0.05) is 24.7 Å². The quantitative estimate of drug-likeness (QED) is 0.893. The molecule has 104 valence electrons. The molecule has 20 heavy (non-hydrogen) atoms. The monoisotopic (exact) mass is 272 g/mol. The van der Waals surface area contributed by atoms with Gasteiger partial charge in [0.15, 0.2) is 0 Å². The number of rotatable bonds is 4. The first-order valence-corrected chi connectivity index (χ1v) is 6.75. The van der Waals surface area contributed by atoms with Crippen molar-refractivity contribution in [2.75, 3.05) is 17.7 Å². The van der Waals surface area contributed by atoms with E-state index in [1.165, 1.54) is 18.9 Å². The second-order valence-electron chi connectivity index (χ2n) is 5.11. The molecule has 0 atom stereocenters. The summed E-state index contributed by atoms with van der Waals surface area (Å²) < 4.78 is 13.6. The van der Waals surface area contributed by atoms with E-state index >= 15 is 0 Å². The van der Waals surface area contributed by atoms with Crippen LogP contribution in [0.1, 0.15) is 30.0 Å². The van der Waals surface area contributed by atoms with Crippen molar-refractivity contribution >= 4 is 17.5 Å². The number of hydrogen-bond donors (Lipinski definition) is 2. The van der Waals surface area contributed by atoms with E-state index in [1.54, 1.807) is 20.0 Å². The molecule has 1 fully saturated rings. The van der Waals surface area contributed by atoms with Crippen LogP contribution in [-0.2, 0) is 0 Å². The smallest absolute Gasteiger partial charge is 0.224 e. The Kier molecular flexibility index (Phi) is 3.26. The standard InChI is InChI=1S/C15H17FN4/c1-9-3-6-11(7-12(9)16)18-14-8-13(10-4-5-10)19-15(17-2)20-14/h3,6-8,10H,4-5H2,1-2H3,(H2,17,18,19,20). The molecule has 1 aromatic heterocycles. The Morgan fingerprint density at radius 1 is 1.20 bits per heavy atom. The maximum atomic E-state index is 13.6. The lowest BCUT2D eigenvalue weighted by Gasteiger charge is -2.10. The van der Waals surface area contributed by atoms with Crippen LogP contribution in [0.25, 0.3) is 0 Å². The molecule has 1 heterocycles. The molecule has 0 amide bonds. The molecule has 2 N–H and O–H groups in total. The lowest BCUT2D eigenvalue weighted by molar-refractivity contribution is 0.619. The second kappa shape index (κ2) is 5.07. The molecular weight excluding hydrogens is 255 g/mol. The highest BCUT2D eigenvalue weighted by atomic mass is 19.1. The van der Waals surface area contributed by atoms with Crippen molar-refractivity contribution in [3.8, 4) is 0 Å². The lowest BCUT2D eigenvalue weighted by Crippen LogP contribution is -2.03. The van der Waals surface area contributed by atoms with Crippen molar-refractivity contribution in [1.82, 2.24) is 9.97 Å². The van der Waals surface area contributed by atoms with E-state index in [0.29, 0.717) is 28.9 Å². The summed E-state index contributed by atoms with van der Waals surface area (Å²) in [6.45, 7) is 1.74. The van der Waals surface area contributed by atoms with Crippen molar-refractivity contribution in [3.05, 3.63) is 41.3 Å². The summed E-state index contributed by atoms with van der Waals surface area (Å²) >= 11 is 0. The highest BCUT2D eigenvalue weighted by Crippen LogP contribution is 2.40. The van der Waals surface area contributed by atoms with Gasteiger partial charge < -0.3 is 10.6 Å². The van der Waals surface area contributed by atoms with E-state index in [-0.39, 0.29) is 5.82 Å². The molecule has 1 aromatic carbocycles. The average molecular weight is 272 g/mol. The minimum atomic E-state index is -0.222. The summed E-state index contributed by atoms with van der Waals surface area (Å²) in [6.07, 6.45) is 2.36. The molecule has 0 radical (unpaired) electrons. The molecule has 0 spiro atoms. The number of anilines is 3. The number of nitrogens with zero attached hydrogens (tertiary/aromatic N) is 2. The fourth-order valence-electron chi connectivity index (χ4n) is 2.05. The Hall–Kier alpha value is -2.17. The first-order valence-electron chi connectivity index (χ1n) is 6.75. The maximum Gasteiger partial charge on any atom is 0.224 e. The zero-order valence-corrected chi connectivity index (χ0v) is 11.6. The molecule has 1 saturated carbocycles. The molecule has 4 nitrogen and oxygen atoms in total. The molecule has 1 aliphatic carbocycles. The van der Waals surface area contributed by atoms with Gasteiger partial charge in [-0.1, -0.05) is 6.07 Å². The summed E-state index contributed by atoms with van der Waals surface area (Å²) in [5.74, 6) is 1.60. The van der Waals surface area contributed by atoms with E-state index in [1.807, 2.05) is 12.1 Å². The van der Waals surface area contributed by atoms with Gasteiger partial charge >= 0.3 is 0 Å². The van der Waals surface area contributed by atoms with Gasteiger partial charge in [-0.05, 0) is 37.5 Å². The Balaban J connectivity index is 1.88. The van der Waals surface area contributed by atoms with Crippen molar-refractivity contribution in [2.24, 2.45) is 0 Å². The van der Waals surface area contributed by atoms with Crippen LogP contribution in [0, 0.1) is 12.7 Å². The third-order valence-corrected chi connectivity index (χ3v) is 3.41. The number of halogens is 1. The maximum absolute atomic E-state index is 13.6. The summed E-state index contributed by atoms with van der Waals surface area (Å²) in [7, 11) is 1.79. The molecule has 0 bridgehead atoms. The molecule has 5 heteroatoms. The van der Waals surface area contributed by atoms with Crippen LogP contribution in [0.2, 0.25) is 0 Å². The van der Waals surface area contributed by atoms with Crippen molar-refractivity contribution in [3.63, 3.8) is 0 Å². The van der Waals surface area contributed by atoms with Gasteiger partial charge in [-0.2, -0.15) is 4.98 Å². The number of hydrogen-bond acceptors (Lipinski definition) is 4. The van der Waals surface area contributed by atoms with Gasteiger partial charge in [-0.25, -0.2) is 9.37 Å². The predicted molar refractivity (Wildman–Crippen MR) is 78.0 cm³/mol. The van der Waals surface area contributed by atoms with E-state index < -0.39 is 0 Å². The van der Waals surface area contributed by atoms with Crippen LogP contribution in [0.15, 0.2) is 24.3 Å². The van der Waals surface area contributed by atoms with Gasteiger partial charge in [0.1, 0.15) is 11.6 Å². The van der Waals surface area contributed by atoms with Gasteiger partial charge in [-0.15, -0.1) is 0 Å². The normalized spacial score (nSPS) is 14.2. The molecule has 0 saturated heterocycles. The Morgan fingerprint density at radius 3 is 2.65 bits per heavy atom. The minimum absolute atomic E-state index is 0.222. The average Bonchev–Trinajstić information content (AvgIpc) is 3.27. The van der Waals surface area contributed by atoms with Crippen LogP contribution in [0.3, 0.4) is 0 Å². The van der Waals surface area contributed by atoms with E-state index in [0.717, 1.165) is 5.69 Å². The first kappa shape index (κ1) is 12.8. The third kappa shape index (κ3) is 2.71. The molecule has 0 aliphatic heterocycles. The Bertz CT molecular complexity index is 638. The number of benzene rings is 1. The lowest BCUT2D eigenvalue weighted by atomic mass is 10.2. The van der Waals surface area contributed by atoms with Crippen LogP contribution >= 0.6 is 0 Å². The SMILES string of the molecule is CNc1nc(Nc2ccc(C)c(F)c2)cc(C2CC2)n1. The van der Waals surface area contributed by atoms with Crippen molar-refractivity contribution < 1.29 is 4.39 Å². The van der Waals surface area contributed by atoms with E-state index in [9.17, 15) is 4.39 Å². The van der Waals surface area contributed by atoms with Gasteiger partial charge in [-0.3, -0.25) is 0 Å². The van der Waals surface area contributed by atoms with E-state index in [2.05, 4.69) is 20.6 Å². The van der Waals surface area contributed by atoms with Crippen molar-refractivity contribution in [1.29, 1.82) is 0 Å². The van der Waals surface area contributed by atoms with Crippen LogP contribution in [0.5, 0.6) is 0 Å². The molecule has 1 aliphatic rings. The van der Waals surface area contributed by atoms with Crippen molar-refractivity contribution in [2.45, 2.75) is 25.7 Å². The molecule has 2 aromatic rings. The highest BCUT2D eigenvalue weighted by molar-refractivity contribution is 5.58. The van der Waals surface area contributed by atoms with Gasteiger partial charge in [0.25, 0.3) is 0 Å². The zero-order chi connectivity index (χ0) is 14.1. The topological polar surface area (TPSA) is 49.8 Å². The van der Waals surface area contributed by atoms with E-state index in [4.69, 9.17) is 0 Å². The highest BCUT2D eigenvalue weighted by Gasteiger charge is 2.26. The first-order chi connectivity index (χ1) is 9.65. The Labute approximate surface area is 117 Å². The minimum Gasteiger partial charge on any atom is -0.357 e. The van der Waals surface area contributed by atoms with Gasteiger partial charge in [0.05, 0.1) is 5.69 Å². The largest absolute Gasteiger partial charge is 0.357 e. The summed E-state index contributed by atoms with van der Waals surface area (Å²) in [5, 5.41) is 6.10. The number of aromatic nitrogens is 2. The fraction of sp³-hybridized carbons (Fsp3) is 0.333. The summed E-state index contributed by atoms with van der Waals surface area (Å²) in [6, 6.07) is 7.01. The third-order valence-electron chi connectivity index (χ3n) is 3.41. The van der Waals surface area contributed by atoms with Crippen LogP contribution in [-0.4, -0.2) is 17.0 Å². The van der Waals surface area contributed by atoms with Crippen LogP contribution in [0.4, 0.5) is 21.8 Å². The summed E-state index contributed by atoms with van der Waals surface area (Å²) in [4.78, 5) is 8.80. The molecule has 0 unspecified atom stereocenters.